The van der Waals surface area contributed by atoms with Gasteiger partial charge in [0.25, 0.3) is 0 Å². The van der Waals surface area contributed by atoms with Gasteiger partial charge in [0.15, 0.2) is 17.5 Å². The highest BCUT2D eigenvalue weighted by atomic mass is 127. The zero-order valence-corrected chi connectivity index (χ0v) is 19.9. The molecule has 2 aromatic rings. The predicted molar refractivity (Wildman–Crippen MR) is 126 cm³/mol. The van der Waals surface area contributed by atoms with Crippen molar-refractivity contribution in [3.63, 3.8) is 0 Å². The van der Waals surface area contributed by atoms with Gasteiger partial charge in [0.2, 0.25) is 0 Å². The Bertz CT molecular complexity index is 782. The third-order valence-electron chi connectivity index (χ3n) is 4.14. The van der Waals surface area contributed by atoms with E-state index in [0.29, 0.717) is 42.9 Å². The van der Waals surface area contributed by atoms with Crippen LogP contribution in [0, 0.1) is 6.92 Å². The van der Waals surface area contributed by atoms with Crippen LogP contribution in [-0.2, 0) is 6.54 Å². The molecule has 0 saturated carbocycles. The molecule has 0 atom stereocenters. The summed E-state index contributed by atoms with van der Waals surface area (Å²) in [4.78, 5) is 4.23. The zero-order valence-electron chi connectivity index (χ0n) is 17.6. The number of aliphatic imine (C=N–C) groups is 1. The number of hydrogen-bond acceptors (Lipinski definition) is 5. The molecule has 2 N–H and O–H groups in total. The van der Waals surface area contributed by atoms with Gasteiger partial charge in [0.05, 0.1) is 27.9 Å². The number of aryl methyl sites for hydroxylation is 1. The molecule has 29 heavy (non-hydrogen) atoms. The quantitative estimate of drug-likeness (QED) is 0.231. The molecule has 0 aromatic heterocycles. The fraction of sp³-hybridized carbons (Fsp3) is 0.381. The number of nitrogens with one attached hydrogen (secondary N) is 2. The van der Waals surface area contributed by atoms with Crippen LogP contribution >= 0.6 is 24.0 Å². The second-order valence-electron chi connectivity index (χ2n) is 6.03. The SMILES string of the molecule is CN=C(NCCOc1ccc(C)cc1)NCc1cc(OC)c(OC)cc1OC.I. The van der Waals surface area contributed by atoms with Gasteiger partial charge in [-0.3, -0.25) is 4.99 Å². The van der Waals surface area contributed by atoms with Crippen molar-refractivity contribution in [3.05, 3.63) is 47.5 Å². The number of hydrogen-bond donors (Lipinski definition) is 2. The van der Waals surface area contributed by atoms with E-state index in [1.165, 1.54) is 5.56 Å². The summed E-state index contributed by atoms with van der Waals surface area (Å²) in [6.45, 7) is 3.72. The summed E-state index contributed by atoms with van der Waals surface area (Å²) in [5.74, 6) is 3.51. The van der Waals surface area contributed by atoms with E-state index in [2.05, 4.69) is 15.6 Å². The summed E-state index contributed by atoms with van der Waals surface area (Å²) in [5.41, 5.74) is 2.14. The Labute approximate surface area is 189 Å². The molecule has 0 saturated heterocycles. The van der Waals surface area contributed by atoms with Crippen LogP contribution in [0.15, 0.2) is 41.4 Å². The van der Waals surface area contributed by atoms with E-state index < -0.39 is 0 Å². The highest BCUT2D eigenvalue weighted by molar-refractivity contribution is 14.0. The van der Waals surface area contributed by atoms with E-state index in [4.69, 9.17) is 18.9 Å². The average molecular weight is 515 g/mol. The van der Waals surface area contributed by atoms with Crippen LogP contribution in [0.3, 0.4) is 0 Å². The van der Waals surface area contributed by atoms with Crippen LogP contribution in [0.4, 0.5) is 0 Å². The molecule has 0 fully saturated rings. The minimum absolute atomic E-state index is 0. The Morgan fingerprint density at radius 2 is 1.52 bits per heavy atom. The van der Waals surface area contributed by atoms with Gasteiger partial charge < -0.3 is 29.6 Å². The molecule has 0 aliphatic rings. The normalized spacial score (nSPS) is 10.6. The van der Waals surface area contributed by atoms with Crippen molar-refractivity contribution in [2.24, 2.45) is 4.99 Å². The molecule has 7 nitrogen and oxygen atoms in total. The van der Waals surface area contributed by atoms with Gasteiger partial charge in [-0.05, 0) is 25.1 Å². The summed E-state index contributed by atoms with van der Waals surface area (Å²) >= 11 is 0. The van der Waals surface area contributed by atoms with Gasteiger partial charge in [0.1, 0.15) is 18.1 Å². The predicted octanol–water partition coefficient (Wildman–Crippen LogP) is 3.38. The minimum Gasteiger partial charge on any atom is -0.496 e. The van der Waals surface area contributed by atoms with Crippen LogP contribution in [0.2, 0.25) is 0 Å². The maximum atomic E-state index is 5.72. The molecule has 0 bridgehead atoms. The second kappa shape index (κ2) is 13.0. The summed E-state index contributed by atoms with van der Waals surface area (Å²) < 4.78 is 21.8. The van der Waals surface area contributed by atoms with E-state index in [1.54, 1.807) is 34.4 Å². The van der Waals surface area contributed by atoms with Crippen molar-refractivity contribution >= 4 is 29.9 Å². The highest BCUT2D eigenvalue weighted by Gasteiger charge is 2.12. The summed E-state index contributed by atoms with van der Waals surface area (Å²) in [7, 11) is 6.55. The number of benzene rings is 2. The van der Waals surface area contributed by atoms with E-state index >= 15 is 0 Å². The number of rotatable bonds is 9. The van der Waals surface area contributed by atoms with Gasteiger partial charge in [0, 0.05) is 25.2 Å². The third kappa shape index (κ3) is 7.52. The van der Waals surface area contributed by atoms with Crippen LogP contribution in [-0.4, -0.2) is 47.5 Å². The molecule has 0 aliphatic carbocycles. The number of ether oxygens (including phenoxy) is 4. The zero-order chi connectivity index (χ0) is 20.4. The molecule has 0 unspecified atom stereocenters. The van der Waals surface area contributed by atoms with Crippen molar-refractivity contribution in [1.82, 2.24) is 10.6 Å². The van der Waals surface area contributed by atoms with Gasteiger partial charge in [-0.25, -0.2) is 0 Å². The Morgan fingerprint density at radius 1 is 0.897 bits per heavy atom. The highest BCUT2D eigenvalue weighted by Crippen LogP contribution is 2.34. The maximum absolute atomic E-state index is 5.72. The van der Waals surface area contributed by atoms with Crippen LogP contribution < -0.4 is 29.6 Å². The molecular formula is C21H30IN3O4. The maximum Gasteiger partial charge on any atom is 0.191 e. The Kier molecular flexibility index (Phi) is 11.0. The lowest BCUT2D eigenvalue weighted by molar-refractivity contribution is 0.322. The third-order valence-corrected chi connectivity index (χ3v) is 4.14. The Morgan fingerprint density at radius 3 is 2.10 bits per heavy atom. The standard InChI is InChI=1S/C21H29N3O4.HI/c1-15-6-8-17(9-7-15)28-11-10-23-21(22-2)24-14-16-12-19(26-4)20(27-5)13-18(16)25-3;/h6-9,12-13H,10-11,14H2,1-5H3,(H2,22,23,24);1H. The molecule has 2 rings (SSSR count). The first-order valence-electron chi connectivity index (χ1n) is 9.04. The fourth-order valence-electron chi connectivity index (χ4n) is 2.60. The van der Waals surface area contributed by atoms with Crippen LogP contribution in [0.5, 0.6) is 23.0 Å². The second-order valence-corrected chi connectivity index (χ2v) is 6.03. The molecule has 0 aliphatic heterocycles. The van der Waals surface area contributed by atoms with Gasteiger partial charge in [-0.15, -0.1) is 24.0 Å². The average Bonchev–Trinajstić information content (AvgIpc) is 2.73. The topological polar surface area (TPSA) is 73.3 Å². The molecule has 2 aromatic carbocycles. The summed E-state index contributed by atoms with van der Waals surface area (Å²) in [5, 5.41) is 6.49. The lowest BCUT2D eigenvalue weighted by Crippen LogP contribution is -2.38. The monoisotopic (exact) mass is 515 g/mol. The number of halogens is 1. The van der Waals surface area contributed by atoms with Crippen LogP contribution in [0.1, 0.15) is 11.1 Å². The molecule has 160 valence electrons. The molecule has 0 heterocycles. The molecule has 0 amide bonds. The van der Waals surface area contributed by atoms with Crippen molar-refractivity contribution in [2.75, 3.05) is 41.5 Å². The first-order valence-corrected chi connectivity index (χ1v) is 9.04. The summed E-state index contributed by atoms with van der Waals surface area (Å²) in [6.07, 6.45) is 0. The molecule has 0 radical (unpaired) electrons. The van der Waals surface area contributed by atoms with Crippen molar-refractivity contribution in [2.45, 2.75) is 13.5 Å². The lowest BCUT2D eigenvalue weighted by atomic mass is 10.1. The van der Waals surface area contributed by atoms with E-state index in [1.807, 2.05) is 37.3 Å². The van der Waals surface area contributed by atoms with Crippen molar-refractivity contribution in [1.29, 1.82) is 0 Å². The van der Waals surface area contributed by atoms with E-state index in [9.17, 15) is 0 Å². The van der Waals surface area contributed by atoms with Gasteiger partial charge >= 0.3 is 0 Å². The fourth-order valence-corrected chi connectivity index (χ4v) is 2.60. The first-order chi connectivity index (χ1) is 13.6. The summed E-state index contributed by atoms with van der Waals surface area (Å²) in [6, 6.07) is 11.7. The smallest absolute Gasteiger partial charge is 0.191 e. The van der Waals surface area contributed by atoms with Crippen molar-refractivity contribution in [3.8, 4) is 23.0 Å². The van der Waals surface area contributed by atoms with E-state index in [0.717, 1.165) is 11.3 Å². The number of nitrogens with zero attached hydrogens (tertiary/aromatic N) is 1. The Balaban J connectivity index is 0.00000420. The van der Waals surface area contributed by atoms with E-state index in [-0.39, 0.29) is 24.0 Å². The van der Waals surface area contributed by atoms with Crippen molar-refractivity contribution < 1.29 is 18.9 Å². The number of methoxy groups -OCH3 is 3. The molecular weight excluding hydrogens is 485 g/mol. The molecule has 0 spiro atoms. The lowest BCUT2D eigenvalue weighted by Gasteiger charge is -2.16. The number of guanidine groups is 1. The van der Waals surface area contributed by atoms with Gasteiger partial charge in [-0.2, -0.15) is 0 Å². The van der Waals surface area contributed by atoms with Gasteiger partial charge in [-0.1, -0.05) is 17.7 Å². The van der Waals surface area contributed by atoms with Crippen LogP contribution in [0.25, 0.3) is 0 Å². The Hall–Kier alpha value is -2.36. The first kappa shape index (κ1) is 24.7. The minimum atomic E-state index is 0. The molecule has 8 heteroatoms. The largest absolute Gasteiger partial charge is 0.496 e.